The Bertz CT molecular complexity index is 868. The van der Waals surface area contributed by atoms with Gasteiger partial charge in [0.15, 0.2) is 0 Å². The molecule has 36 heavy (non-hydrogen) atoms. The van der Waals surface area contributed by atoms with Crippen LogP contribution in [-0.2, 0) is 0 Å². The molecule has 0 radical (unpaired) electrons. The Kier molecular flexibility index (Phi) is 9.96. The second-order valence-corrected chi connectivity index (χ2v) is 10.3. The minimum atomic E-state index is 0.610. The first-order valence-corrected chi connectivity index (χ1v) is 13.4. The first-order chi connectivity index (χ1) is 17.6. The number of pyridine rings is 3. The van der Waals surface area contributed by atoms with E-state index in [1.54, 1.807) is 0 Å². The van der Waals surface area contributed by atoms with Crippen LogP contribution in [0.3, 0.4) is 0 Å². The first-order valence-electron chi connectivity index (χ1n) is 13.4. The molecule has 0 amide bonds. The van der Waals surface area contributed by atoms with Crippen molar-refractivity contribution in [3.05, 3.63) is 90.3 Å². The molecule has 0 unspecified atom stereocenters. The van der Waals surface area contributed by atoms with Gasteiger partial charge in [0.25, 0.3) is 0 Å². The fourth-order valence-corrected chi connectivity index (χ4v) is 5.71. The summed E-state index contributed by atoms with van der Waals surface area (Å²) in [6.07, 6.45) is 19.2. The molecule has 6 nitrogen and oxygen atoms in total. The summed E-state index contributed by atoms with van der Waals surface area (Å²) in [5.41, 5.74) is 4.08. The van der Waals surface area contributed by atoms with E-state index in [0.29, 0.717) is 18.1 Å². The summed E-state index contributed by atoms with van der Waals surface area (Å²) in [5.74, 6) is 0. The molecule has 3 fully saturated rings. The molecule has 6 rings (SSSR count). The van der Waals surface area contributed by atoms with Crippen molar-refractivity contribution in [2.75, 3.05) is 40.8 Å². The molecule has 3 aromatic heterocycles. The Morgan fingerprint density at radius 1 is 0.528 bits per heavy atom. The maximum absolute atomic E-state index is 4.14. The summed E-state index contributed by atoms with van der Waals surface area (Å²) < 4.78 is 0. The predicted molar refractivity (Wildman–Crippen MR) is 147 cm³/mol. The Hall–Kier alpha value is -2.67. The van der Waals surface area contributed by atoms with Crippen molar-refractivity contribution in [3.8, 4) is 0 Å². The number of rotatable bonds is 3. The molecule has 0 aromatic carbocycles. The average molecular weight is 487 g/mol. The molecule has 0 bridgehead atoms. The number of likely N-dealkylation sites (tertiary alicyclic amines) is 3. The molecule has 3 saturated heterocycles. The van der Waals surface area contributed by atoms with Crippen molar-refractivity contribution in [3.63, 3.8) is 0 Å². The molecule has 6 heteroatoms. The second-order valence-electron chi connectivity index (χ2n) is 10.3. The smallest absolute Gasteiger partial charge is 0.0360 e. The summed E-state index contributed by atoms with van der Waals surface area (Å²) >= 11 is 0. The lowest BCUT2D eigenvalue weighted by atomic mass is 10.1. The van der Waals surface area contributed by atoms with Gasteiger partial charge < -0.3 is 0 Å². The van der Waals surface area contributed by atoms with Crippen LogP contribution in [0.1, 0.15) is 73.3 Å². The summed E-state index contributed by atoms with van der Waals surface area (Å²) in [6, 6.07) is 14.4. The molecule has 3 aliphatic heterocycles. The number of nitrogens with zero attached hydrogens (tertiary/aromatic N) is 6. The van der Waals surface area contributed by atoms with Gasteiger partial charge in [-0.2, -0.15) is 0 Å². The fourth-order valence-electron chi connectivity index (χ4n) is 5.71. The van der Waals surface area contributed by atoms with E-state index in [4.69, 9.17) is 0 Å². The Labute approximate surface area is 217 Å². The molecule has 3 atom stereocenters. The van der Waals surface area contributed by atoms with Gasteiger partial charge in [-0.25, -0.2) is 0 Å². The van der Waals surface area contributed by atoms with Crippen LogP contribution in [0.5, 0.6) is 0 Å². The van der Waals surface area contributed by atoms with Gasteiger partial charge in [0.2, 0.25) is 0 Å². The molecule has 3 aliphatic rings. The van der Waals surface area contributed by atoms with Crippen LogP contribution in [0, 0.1) is 0 Å². The zero-order valence-electron chi connectivity index (χ0n) is 22.2. The summed E-state index contributed by atoms with van der Waals surface area (Å²) in [6.45, 7) is 3.67. The SMILES string of the molecule is CN1CCC[C@H]1c1cccnc1.CN1CCC[C@H]1c1cccnc1.CN1CCC[C@H]1c1cccnc1. The maximum atomic E-state index is 4.14. The van der Waals surface area contributed by atoms with Crippen LogP contribution in [0.2, 0.25) is 0 Å². The second kappa shape index (κ2) is 13.6. The van der Waals surface area contributed by atoms with E-state index in [2.05, 4.69) is 69.0 Å². The average Bonchev–Trinajstić information content (AvgIpc) is 3.67. The van der Waals surface area contributed by atoms with Crippen molar-refractivity contribution in [2.45, 2.75) is 56.7 Å². The molecule has 6 heterocycles. The molecular formula is C30H42N6. The van der Waals surface area contributed by atoms with Gasteiger partial charge in [-0.1, -0.05) is 18.2 Å². The zero-order chi connectivity index (χ0) is 25.2. The predicted octanol–water partition coefficient (Wildman–Crippen LogP) is 5.54. The summed E-state index contributed by atoms with van der Waals surface area (Å²) in [5, 5.41) is 0. The minimum absolute atomic E-state index is 0.610. The van der Waals surface area contributed by atoms with E-state index in [1.165, 1.54) is 74.8 Å². The van der Waals surface area contributed by atoms with E-state index in [1.807, 2.05) is 55.4 Å². The monoisotopic (exact) mass is 486 g/mol. The van der Waals surface area contributed by atoms with Crippen molar-refractivity contribution < 1.29 is 0 Å². The van der Waals surface area contributed by atoms with E-state index in [-0.39, 0.29) is 0 Å². The molecule has 0 N–H and O–H groups in total. The Morgan fingerprint density at radius 3 is 1.03 bits per heavy atom. The van der Waals surface area contributed by atoms with Crippen LogP contribution in [0.4, 0.5) is 0 Å². The molecule has 0 aliphatic carbocycles. The van der Waals surface area contributed by atoms with Gasteiger partial charge in [0.1, 0.15) is 0 Å². The largest absolute Gasteiger partial charge is 0.299 e. The van der Waals surface area contributed by atoms with Gasteiger partial charge in [-0.15, -0.1) is 0 Å². The fraction of sp³-hybridized carbons (Fsp3) is 0.500. The van der Waals surface area contributed by atoms with Crippen molar-refractivity contribution in [1.82, 2.24) is 29.7 Å². The molecule has 0 spiro atoms. The molecule has 192 valence electrons. The van der Waals surface area contributed by atoms with Crippen LogP contribution in [0.15, 0.2) is 73.6 Å². The van der Waals surface area contributed by atoms with Crippen molar-refractivity contribution >= 4 is 0 Å². The first kappa shape index (κ1) is 26.4. The standard InChI is InChI=1S/3C10H14N2/c3*1-12-7-3-5-10(12)9-4-2-6-11-8-9/h3*2,4,6,8,10H,3,5,7H2,1H3/t3*10-/m000/s1. The van der Waals surface area contributed by atoms with Crippen molar-refractivity contribution in [2.24, 2.45) is 0 Å². The van der Waals surface area contributed by atoms with Gasteiger partial charge in [0.05, 0.1) is 0 Å². The van der Waals surface area contributed by atoms with Crippen LogP contribution >= 0.6 is 0 Å². The van der Waals surface area contributed by atoms with E-state index in [0.717, 1.165) is 0 Å². The maximum Gasteiger partial charge on any atom is 0.0360 e. The van der Waals surface area contributed by atoms with Gasteiger partial charge in [-0.05, 0) is 114 Å². The third-order valence-corrected chi connectivity index (χ3v) is 7.77. The quantitative estimate of drug-likeness (QED) is 0.484. The number of aromatic nitrogens is 3. The molecular weight excluding hydrogens is 444 g/mol. The topological polar surface area (TPSA) is 48.4 Å². The van der Waals surface area contributed by atoms with E-state index in [9.17, 15) is 0 Å². The molecule has 0 saturated carbocycles. The van der Waals surface area contributed by atoms with Crippen LogP contribution in [0.25, 0.3) is 0 Å². The highest BCUT2D eigenvalue weighted by molar-refractivity contribution is 5.16. The Balaban J connectivity index is 0.000000127. The number of hydrogen-bond donors (Lipinski definition) is 0. The highest BCUT2D eigenvalue weighted by Gasteiger charge is 2.23. The third kappa shape index (κ3) is 7.19. The van der Waals surface area contributed by atoms with Crippen LogP contribution in [-0.4, -0.2) is 70.4 Å². The third-order valence-electron chi connectivity index (χ3n) is 7.77. The van der Waals surface area contributed by atoms with Crippen molar-refractivity contribution in [1.29, 1.82) is 0 Å². The van der Waals surface area contributed by atoms with E-state index >= 15 is 0 Å². The van der Waals surface area contributed by atoms with Crippen LogP contribution < -0.4 is 0 Å². The van der Waals surface area contributed by atoms with E-state index < -0.39 is 0 Å². The number of hydrogen-bond acceptors (Lipinski definition) is 6. The lowest BCUT2D eigenvalue weighted by molar-refractivity contribution is 0.317. The minimum Gasteiger partial charge on any atom is -0.299 e. The normalized spacial score (nSPS) is 24.6. The van der Waals surface area contributed by atoms with Gasteiger partial charge >= 0.3 is 0 Å². The lowest BCUT2D eigenvalue weighted by Crippen LogP contribution is -2.17. The Morgan fingerprint density at radius 2 is 0.833 bits per heavy atom. The highest BCUT2D eigenvalue weighted by Crippen LogP contribution is 2.30. The highest BCUT2D eigenvalue weighted by atomic mass is 15.2. The summed E-state index contributed by atoms with van der Waals surface area (Å²) in [7, 11) is 6.56. The zero-order valence-corrected chi connectivity index (χ0v) is 22.2. The van der Waals surface area contributed by atoms with Gasteiger partial charge in [-0.3, -0.25) is 29.7 Å². The summed E-state index contributed by atoms with van der Waals surface area (Å²) in [4.78, 5) is 19.6. The lowest BCUT2D eigenvalue weighted by Gasteiger charge is -2.18. The van der Waals surface area contributed by atoms with Gasteiger partial charge in [0, 0.05) is 55.3 Å². The molecule has 3 aromatic rings.